The topological polar surface area (TPSA) is 32.3 Å². The van der Waals surface area contributed by atoms with Crippen LogP contribution in [0.25, 0.3) is 0 Å². The molecule has 0 spiro atoms. The van der Waals surface area contributed by atoms with Gasteiger partial charge in [0.25, 0.3) is 0 Å². The van der Waals surface area contributed by atoms with Crippen LogP contribution < -0.4 is 5.32 Å². The molecule has 96 valence electrons. The predicted octanol–water partition coefficient (Wildman–Crippen LogP) is 3.08. The van der Waals surface area contributed by atoms with E-state index in [1.165, 1.54) is 18.4 Å². The van der Waals surface area contributed by atoms with Crippen molar-refractivity contribution >= 4 is 0 Å². The fourth-order valence-corrected chi connectivity index (χ4v) is 3.44. The largest absolute Gasteiger partial charge is 0.508 e. The van der Waals surface area contributed by atoms with Gasteiger partial charge >= 0.3 is 0 Å². The Balaban J connectivity index is 1.54. The highest BCUT2D eigenvalue weighted by atomic mass is 16.3. The number of hydrogen-bond donors (Lipinski definition) is 2. The molecule has 1 aromatic carbocycles. The molecular weight excluding hydrogens is 222 g/mol. The molecule has 3 rings (SSSR count). The highest BCUT2D eigenvalue weighted by Gasteiger charge is 2.38. The van der Waals surface area contributed by atoms with Crippen LogP contribution in [0.2, 0.25) is 0 Å². The van der Waals surface area contributed by atoms with Gasteiger partial charge < -0.3 is 10.4 Å². The van der Waals surface area contributed by atoms with Crippen LogP contribution in [-0.2, 0) is 6.54 Å². The summed E-state index contributed by atoms with van der Waals surface area (Å²) in [5, 5.41) is 12.9. The van der Waals surface area contributed by atoms with Gasteiger partial charge in [-0.3, -0.25) is 0 Å². The lowest BCUT2D eigenvalue weighted by Crippen LogP contribution is -2.35. The molecule has 2 nitrogen and oxygen atoms in total. The van der Waals surface area contributed by atoms with E-state index < -0.39 is 0 Å². The zero-order chi connectivity index (χ0) is 12.5. The number of allylic oxidation sites excluding steroid dienone is 2. The van der Waals surface area contributed by atoms with Crippen LogP contribution in [0.4, 0.5) is 0 Å². The van der Waals surface area contributed by atoms with E-state index in [4.69, 9.17) is 0 Å². The van der Waals surface area contributed by atoms with Crippen LogP contribution in [0.15, 0.2) is 36.4 Å². The molecule has 0 saturated heterocycles. The Morgan fingerprint density at radius 2 is 2.00 bits per heavy atom. The number of phenolic OH excluding ortho intramolecular Hbond substituents is 1. The SMILES string of the molecule is CC(NCc1ccc(O)cc1)C1CC2C=CC1C2. The summed E-state index contributed by atoms with van der Waals surface area (Å²) >= 11 is 0. The van der Waals surface area contributed by atoms with Gasteiger partial charge in [0.15, 0.2) is 0 Å². The molecule has 4 atom stereocenters. The summed E-state index contributed by atoms with van der Waals surface area (Å²) in [5.74, 6) is 2.79. The Morgan fingerprint density at radius 3 is 2.61 bits per heavy atom. The first kappa shape index (κ1) is 11.8. The molecule has 2 aliphatic carbocycles. The molecule has 4 unspecified atom stereocenters. The summed E-state index contributed by atoms with van der Waals surface area (Å²) in [7, 11) is 0. The number of rotatable bonds is 4. The zero-order valence-corrected chi connectivity index (χ0v) is 10.8. The summed E-state index contributed by atoms with van der Waals surface area (Å²) in [4.78, 5) is 0. The maximum atomic E-state index is 9.25. The first-order valence-corrected chi connectivity index (χ1v) is 6.92. The first-order valence-electron chi connectivity index (χ1n) is 6.92. The van der Waals surface area contributed by atoms with Crippen molar-refractivity contribution in [3.8, 4) is 5.75 Å². The lowest BCUT2D eigenvalue weighted by molar-refractivity contribution is 0.326. The highest BCUT2D eigenvalue weighted by molar-refractivity contribution is 5.25. The smallest absolute Gasteiger partial charge is 0.115 e. The van der Waals surface area contributed by atoms with Crippen molar-refractivity contribution in [3.05, 3.63) is 42.0 Å². The maximum Gasteiger partial charge on any atom is 0.115 e. The number of nitrogens with one attached hydrogen (secondary N) is 1. The van der Waals surface area contributed by atoms with Gasteiger partial charge in [0.1, 0.15) is 5.75 Å². The van der Waals surface area contributed by atoms with Gasteiger partial charge in [-0.2, -0.15) is 0 Å². The third-order valence-electron chi connectivity index (χ3n) is 4.54. The average Bonchev–Trinajstić information content (AvgIpc) is 3.00. The second-order valence-corrected chi connectivity index (χ2v) is 5.78. The third kappa shape index (κ3) is 2.30. The Bertz CT molecular complexity index is 437. The van der Waals surface area contributed by atoms with Crippen molar-refractivity contribution in [3.63, 3.8) is 0 Å². The number of hydrogen-bond acceptors (Lipinski definition) is 2. The molecule has 0 amide bonds. The molecule has 2 aliphatic rings. The van der Waals surface area contributed by atoms with E-state index in [1.807, 2.05) is 12.1 Å². The van der Waals surface area contributed by atoms with Crippen LogP contribution in [0.3, 0.4) is 0 Å². The Kier molecular flexibility index (Phi) is 3.13. The average molecular weight is 243 g/mol. The summed E-state index contributed by atoms with van der Waals surface area (Å²) in [5.41, 5.74) is 1.23. The van der Waals surface area contributed by atoms with Crippen molar-refractivity contribution < 1.29 is 5.11 Å². The van der Waals surface area contributed by atoms with E-state index in [9.17, 15) is 5.11 Å². The second-order valence-electron chi connectivity index (χ2n) is 5.78. The molecule has 1 saturated carbocycles. The lowest BCUT2D eigenvalue weighted by Gasteiger charge is -2.26. The van der Waals surface area contributed by atoms with E-state index in [0.29, 0.717) is 11.8 Å². The standard InChI is InChI=1S/C16H21NO/c1-11(16-9-13-2-5-14(16)8-13)17-10-12-3-6-15(18)7-4-12/h2-7,11,13-14,16-18H,8-10H2,1H3. The normalized spacial score (nSPS) is 30.8. The predicted molar refractivity (Wildman–Crippen MR) is 73.3 cm³/mol. The minimum atomic E-state index is 0.338. The van der Waals surface area contributed by atoms with Gasteiger partial charge in [0.05, 0.1) is 0 Å². The fraction of sp³-hybridized carbons (Fsp3) is 0.500. The van der Waals surface area contributed by atoms with Crippen LogP contribution in [0, 0.1) is 17.8 Å². The molecule has 1 aromatic rings. The first-order chi connectivity index (χ1) is 8.72. The molecule has 2 heteroatoms. The van der Waals surface area contributed by atoms with Crippen LogP contribution >= 0.6 is 0 Å². The molecule has 0 radical (unpaired) electrons. The fourth-order valence-electron chi connectivity index (χ4n) is 3.44. The van der Waals surface area contributed by atoms with Gasteiger partial charge in [-0.15, -0.1) is 0 Å². The molecule has 2 N–H and O–H groups in total. The highest BCUT2D eigenvalue weighted by Crippen LogP contribution is 2.44. The van der Waals surface area contributed by atoms with E-state index in [0.717, 1.165) is 24.3 Å². The molecule has 0 aliphatic heterocycles. The van der Waals surface area contributed by atoms with Crippen molar-refractivity contribution in [2.75, 3.05) is 0 Å². The van der Waals surface area contributed by atoms with Gasteiger partial charge in [0.2, 0.25) is 0 Å². The van der Waals surface area contributed by atoms with E-state index >= 15 is 0 Å². The van der Waals surface area contributed by atoms with Crippen molar-refractivity contribution in [1.29, 1.82) is 0 Å². The molecule has 18 heavy (non-hydrogen) atoms. The quantitative estimate of drug-likeness (QED) is 0.796. The van der Waals surface area contributed by atoms with Gasteiger partial charge in [-0.1, -0.05) is 24.3 Å². The summed E-state index contributed by atoms with van der Waals surface area (Å²) < 4.78 is 0. The van der Waals surface area contributed by atoms with Crippen molar-refractivity contribution in [2.45, 2.75) is 32.4 Å². The Hall–Kier alpha value is -1.28. The van der Waals surface area contributed by atoms with E-state index in [1.54, 1.807) is 12.1 Å². The third-order valence-corrected chi connectivity index (χ3v) is 4.54. The number of aromatic hydroxyl groups is 1. The molecule has 2 bridgehead atoms. The summed E-state index contributed by atoms with van der Waals surface area (Å²) in [6.45, 7) is 3.19. The summed E-state index contributed by atoms with van der Waals surface area (Å²) in [6, 6.07) is 8.04. The maximum absolute atomic E-state index is 9.25. The number of benzene rings is 1. The molecular formula is C16H21NO. The van der Waals surface area contributed by atoms with Gasteiger partial charge in [0, 0.05) is 12.6 Å². The molecule has 0 aromatic heterocycles. The lowest BCUT2D eigenvalue weighted by atomic mass is 9.87. The van der Waals surface area contributed by atoms with Crippen LogP contribution in [0.1, 0.15) is 25.3 Å². The van der Waals surface area contributed by atoms with Crippen LogP contribution in [-0.4, -0.2) is 11.1 Å². The van der Waals surface area contributed by atoms with Gasteiger partial charge in [-0.25, -0.2) is 0 Å². The second kappa shape index (κ2) is 4.77. The monoisotopic (exact) mass is 243 g/mol. The minimum Gasteiger partial charge on any atom is -0.508 e. The van der Waals surface area contributed by atoms with E-state index in [2.05, 4.69) is 24.4 Å². The van der Waals surface area contributed by atoms with Crippen molar-refractivity contribution in [1.82, 2.24) is 5.32 Å². The minimum absolute atomic E-state index is 0.338. The number of fused-ring (bicyclic) bond motifs is 2. The van der Waals surface area contributed by atoms with Crippen LogP contribution in [0.5, 0.6) is 5.75 Å². The van der Waals surface area contributed by atoms with Gasteiger partial charge in [-0.05, 0) is 55.2 Å². The molecule has 1 fully saturated rings. The zero-order valence-electron chi connectivity index (χ0n) is 10.8. The molecule has 0 heterocycles. The Labute approximate surface area is 109 Å². The van der Waals surface area contributed by atoms with E-state index in [-0.39, 0.29) is 0 Å². The Morgan fingerprint density at radius 1 is 1.22 bits per heavy atom. The van der Waals surface area contributed by atoms with Crippen molar-refractivity contribution in [2.24, 2.45) is 17.8 Å². The summed E-state index contributed by atoms with van der Waals surface area (Å²) in [6.07, 6.45) is 7.53. The number of phenols is 1.